The molecule has 0 saturated carbocycles. The van der Waals surface area contributed by atoms with E-state index in [1.165, 1.54) is 0 Å². The van der Waals surface area contributed by atoms with Crippen LogP contribution in [0.2, 0.25) is 0 Å². The first-order chi connectivity index (χ1) is 12.7. The second kappa shape index (κ2) is 7.84. The summed E-state index contributed by atoms with van der Waals surface area (Å²) in [6.07, 6.45) is 7.11. The fourth-order valence-corrected chi connectivity index (χ4v) is 3.28. The summed E-state index contributed by atoms with van der Waals surface area (Å²) in [6.45, 7) is 3.44. The van der Waals surface area contributed by atoms with Crippen LogP contribution in [0.1, 0.15) is 25.3 Å². The largest absolute Gasteiger partial charge is 0.462 e. The van der Waals surface area contributed by atoms with E-state index in [-0.39, 0.29) is 30.3 Å². The molecule has 0 atom stereocenters. The molecule has 1 saturated heterocycles. The Balaban J connectivity index is 0.00000210. The maximum atomic E-state index is 12.8. The summed E-state index contributed by atoms with van der Waals surface area (Å²) in [6, 6.07) is 3.74. The molecule has 0 bridgehead atoms. The first-order valence-electron chi connectivity index (χ1n) is 8.71. The fourth-order valence-electron chi connectivity index (χ4n) is 3.28. The summed E-state index contributed by atoms with van der Waals surface area (Å²) in [4.78, 5) is 34.4. The number of pyridine rings is 1. The van der Waals surface area contributed by atoms with Crippen LogP contribution in [0.5, 0.6) is 0 Å². The van der Waals surface area contributed by atoms with Gasteiger partial charge in [-0.25, -0.2) is 9.78 Å². The zero-order valence-electron chi connectivity index (χ0n) is 14.9. The van der Waals surface area contributed by atoms with Crippen molar-refractivity contribution < 1.29 is 19.1 Å². The van der Waals surface area contributed by atoms with Crippen LogP contribution in [-0.4, -0.2) is 46.3 Å². The Hall–Kier alpha value is -2.80. The molecule has 2 aromatic heterocycles. The van der Waals surface area contributed by atoms with E-state index in [2.05, 4.69) is 9.97 Å². The van der Waals surface area contributed by atoms with Gasteiger partial charge in [0.15, 0.2) is 11.3 Å². The lowest BCUT2D eigenvalue weighted by molar-refractivity contribution is -0.139. The SMILES string of the molecule is CCOC(=O)C1=C(N2CCCC2)OC(=Cc2c[nH]c3ncccc23)C1=O.Cl. The lowest BCUT2D eigenvalue weighted by Crippen LogP contribution is -2.23. The van der Waals surface area contributed by atoms with E-state index in [9.17, 15) is 9.59 Å². The molecule has 142 valence electrons. The van der Waals surface area contributed by atoms with Gasteiger partial charge in [-0.1, -0.05) is 0 Å². The van der Waals surface area contributed by atoms with Crippen molar-refractivity contribution in [1.29, 1.82) is 0 Å². The molecule has 0 spiro atoms. The third kappa shape index (κ3) is 3.42. The molecule has 0 aromatic carbocycles. The third-order valence-electron chi connectivity index (χ3n) is 4.51. The van der Waals surface area contributed by atoms with Gasteiger partial charge in [0.25, 0.3) is 0 Å². The van der Waals surface area contributed by atoms with Crippen molar-refractivity contribution in [3.8, 4) is 0 Å². The number of aromatic amines is 1. The number of hydrogen-bond acceptors (Lipinski definition) is 6. The highest BCUT2D eigenvalue weighted by Crippen LogP contribution is 2.32. The van der Waals surface area contributed by atoms with Gasteiger partial charge in [0.1, 0.15) is 5.65 Å². The number of esters is 1. The average Bonchev–Trinajstić information content (AvgIpc) is 3.36. The number of halogens is 1. The molecule has 1 fully saturated rings. The van der Waals surface area contributed by atoms with Gasteiger partial charge in [0.2, 0.25) is 11.7 Å². The number of aromatic nitrogens is 2. The molecule has 2 aliphatic heterocycles. The van der Waals surface area contributed by atoms with E-state index in [1.807, 2.05) is 17.0 Å². The predicted molar refractivity (Wildman–Crippen MR) is 102 cm³/mol. The van der Waals surface area contributed by atoms with Crippen molar-refractivity contribution >= 4 is 41.3 Å². The topological polar surface area (TPSA) is 84.5 Å². The van der Waals surface area contributed by atoms with Crippen LogP contribution >= 0.6 is 12.4 Å². The second-order valence-corrected chi connectivity index (χ2v) is 6.18. The number of fused-ring (bicyclic) bond motifs is 1. The number of ether oxygens (including phenoxy) is 2. The van der Waals surface area contributed by atoms with Crippen molar-refractivity contribution in [2.24, 2.45) is 0 Å². The Kier molecular flexibility index (Phi) is 5.51. The van der Waals surface area contributed by atoms with E-state index in [0.717, 1.165) is 42.5 Å². The normalized spacial score (nSPS) is 18.2. The number of carbonyl (C=O) groups excluding carboxylic acids is 2. The van der Waals surface area contributed by atoms with E-state index in [4.69, 9.17) is 9.47 Å². The van der Waals surface area contributed by atoms with Crippen molar-refractivity contribution in [2.45, 2.75) is 19.8 Å². The van der Waals surface area contributed by atoms with Crippen LogP contribution in [0.3, 0.4) is 0 Å². The maximum absolute atomic E-state index is 12.8. The lowest BCUT2D eigenvalue weighted by Gasteiger charge is -2.18. The first-order valence-corrected chi connectivity index (χ1v) is 8.71. The van der Waals surface area contributed by atoms with Gasteiger partial charge in [0, 0.05) is 36.4 Å². The Morgan fingerprint density at radius 2 is 2.19 bits per heavy atom. The molecule has 2 aromatic rings. The number of Topliss-reactive ketones (excluding diaryl/α,β-unsaturated/α-hetero) is 1. The van der Waals surface area contributed by atoms with Gasteiger partial charge in [-0.05, 0) is 38.0 Å². The van der Waals surface area contributed by atoms with Crippen LogP contribution in [0.4, 0.5) is 0 Å². The number of ketones is 1. The number of hydrogen-bond donors (Lipinski definition) is 1. The van der Waals surface area contributed by atoms with Crippen LogP contribution < -0.4 is 0 Å². The quantitative estimate of drug-likeness (QED) is 0.491. The summed E-state index contributed by atoms with van der Waals surface area (Å²) < 4.78 is 10.9. The summed E-state index contributed by atoms with van der Waals surface area (Å²) in [7, 11) is 0. The smallest absolute Gasteiger partial charge is 0.347 e. The van der Waals surface area contributed by atoms with Crippen LogP contribution in [-0.2, 0) is 19.1 Å². The van der Waals surface area contributed by atoms with E-state index in [0.29, 0.717) is 5.88 Å². The van der Waals surface area contributed by atoms with Crippen molar-refractivity contribution in [2.75, 3.05) is 19.7 Å². The van der Waals surface area contributed by atoms with E-state index >= 15 is 0 Å². The molecule has 8 heteroatoms. The molecule has 0 amide bonds. The minimum Gasteiger partial charge on any atom is -0.462 e. The van der Waals surface area contributed by atoms with Crippen LogP contribution in [0, 0.1) is 0 Å². The van der Waals surface area contributed by atoms with Crippen LogP contribution in [0.15, 0.2) is 41.7 Å². The molecule has 4 heterocycles. The Morgan fingerprint density at radius 1 is 1.41 bits per heavy atom. The second-order valence-electron chi connectivity index (χ2n) is 6.18. The number of H-pyrrole nitrogens is 1. The molecule has 2 aliphatic rings. The number of nitrogens with zero attached hydrogens (tertiary/aromatic N) is 2. The van der Waals surface area contributed by atoms with Gasteiger partial charge < -0.3 is 19.4 Å². The first kappa shape index (κ1) is 19.0. The standard InChI is InChI=1S/C19H19N3O4.ClH/c1-2-25-19(24)15-16(23)14(26-18(15)22-8-3-4-9-22)10-12-11-21-17-13(12)6-5-7-20-17;/h5-7,10-11H,2-4,8-9H2,1H3,(H,20,21);1H. The molecular weight excluding hydrogens is 370 g/mol. The van der Waals surface area contributed by atoms with E-state index < -0.39 is 11.8 Å². The van der Waals surface area contributed by atoms with Crippen LogP contribution in [0.25, 0.3) is 17.1 Å². The highest BCUT2D eigenvalue weighted by Gasteiger charge is 2.39. The minimum absolute atomic E-state index is 0. The van der Waals surface area contributed by atoms with Gasteiger partial charge in [-0.2, -0.15) is 0 Å². The molecule has 27 heavy (non-hydrogen) atoms. The summed E-state index contributed by atoms with van der Waals surface area (Å²) >= 11 is 0. The maximum Gasteiger partial charge on any atom is 0.347 e. The monoisotopic (exact) mass is 389 g/mol. The molecular formula is C19H20ClN3O4. The summed E-state index contributed by atoms with van der Waals surface area (Å²) in [5, 5.41) is 0.878. The van der Waals surface area contributed by atoms with Gasteiger partial charge >= 0.3 is 5.97 Å². The number of nitrogens with one attached hydrogen (secondary N) is 1. The minimum atomic E-state index is -0.636. The third-order valence-corrected chi connectivity index (χ3v) is 4.51. The Bertz CT molecular complexity index is 941. The van der Waals surface area contributed by atoms with Gasteiger partial charge in [-0.3, -0.25) is 4.79 Å². The Labute approximate surface area is 162 Å². The number of carbonyl (C=O) groups is 2. The highest BCUT2D eigenvalue weighted by atomic mass is 35.5. The molecule has 1 N–H and O–H groups in total. The highest BCUT2D eigenvalue weighted by molar-refractivity contribution is 6.26. The van der Waals surface area contributed by atoms with Gasteiger partial charge in [0.05, 0.1) is 6.61 Å². The predicted octanol–water partition coefficient (Wildman–Crippen LogP) is 2.80. The molecule has 0 radical (unpaired) electrons. The number of rotatable bonds is 4. The lowest BCUT2D eigenvalue weighted by atomic mass is 10.1. The zero-order chi connectivity index (χ0) is 18.1. The zero-order valence-corrected chi connectivity index (χ0v) is 15.7. The summed E-state index contributed by atoms with van der Waals surface area (Å²) in [5.41, 5.74) is 1.49. The average molecular weight is 390 g/mol. The Morgan fingerprint density at radius 3 is 2.93 bits per heavy atom. The number of likely N-dealkylation sites (tertiary alicyclic amines) is 1. The molecule has 0 unspecified atom stereocenters. The van der Waals surface area contributed by atoms with E-state index in [1.54, 1.807) is 25.4 Å². The number of allylic oxidation sites excluding steroid dienone is 1. The van der Waals surface area contributed by atoms with Crippen molar-refractivity contribution in [3.05, 3.63) is 47.3 Å². The van der Waals surface area contributed by atoms with Crippen molar-refractivity contribution in [1.82, 2.24) is 14.9 Å². The van der Waals surface area contributed by atoms with Crippen molar-refractivity contribution in [3.63, 3.8) is 0 Å². The fraction of sp³-hybridized carbons (Fsp3) is 0.316. The molecule has 7 nitrogen and oxygen atoms in total. The summed E-state index contributed by atoms with van der Waals surface area (Å²) in [5.74, 6) is -0.637. The molecule has 4 rings (SSSR count). The van der Waals surface area contributed by atoms with Gasteiger partial charge in [-0.15, -0.1) is 12.4 Å². The molecule has 0 aliphatic carbocycles.